The highest BCUT2D eigenvalue weighted by Gasteiger charge is 1.72. The minimum absolute atomic E-state index is 1.02. The van der Waals surface area contributed by atoms with E-state index < -0.39 is 0 Å². The summed E-state index contributed by atoms with van der Waals surface area (Å²) in [5.41, 5.74) is 1.11. The van der Waals surface area contributed by atoms with Crippen LogP contribution in [0.15, 0.2) is 24.8 Å². The van der Waals surface area contributed by atoms with Crippen LogP contribution < -0.4 is 5.16 Å². The fourth-order valence-electron chi connectivity index (χ4n) is 0.144. The van der Waals surface area contributed by atoms with E-state index in [1.54, 1.807) is 6.08 Å². The fraction of sp³-hybridized carbons (Fsp3) is 0.286. The van der Waals surface area contributed by atoms with Crippen molar-refractivity contribution < 1.29 is 10.4 Å². The molecule has 0 aliphatic rings. The third-order valence-corrected chi connectivity index (χ3v) is 0.743. The smallest absolute Gasteiger partial charge is 0.177 e. The van der Waals surface area contributed by atoms with E-state index in [4.69, 9.17) is 5.21 Å². The molecule has 2 N–H and O–H groups in total. The maximum Gasteiger partial charge on any atom is 0.177 e. The van der Waals surface area contributed by atoms with Crippen molar-refractivity contribution in [1.82, 2.24) is 0 Å². The maximum absolute atomic E-state index is 7.21. The summed E-state index contributed by atoms with van der Waals surface area (Å²) < 4.78 is 0. The minimum atomic E-state index is 1.02. The van der Waals surface area contributed by atoms with Gasteiger partial charge >= 0.3 is 0 Å². The summed E-state index contributed by atoms with van der Waals surface area (Å²) >= 11 is 0. The first-order valence-corrected chi connectivity index (χ1v) is 2.69. The molecule has 9 heavy (non-hydrogen) atoms. The zero-order chi connectivity index (χ0) is 7.70. The van der Waals surface area contributed by atoms with Crippen molar-refractivity contribution >= 4 is 6.72 Å². The largest absolute Gasteiger partial charge is 0.294 e. The Labute approximate surface area is 56.2 Å². The Kier molecular flexibility index (Phi) is 12.1. The molecule has 2 nitrogen and oxygen atoms in total. The first-order chi connectivity index (χ1) is 4.22. The molecule has 0 aromatic carbocycles. The number of nitrogens with one attached hydrogen (secondary N) is 1. The molecule has 0 aliphatic carbocycles. The molecule has 0 spiro atoms. The van der Waals surface area contributed by atoms with Gasteiger partial charge in [0.25, 0.3) is 0 Å². The third-order valence-electron chi connectivity index (χ3n) is 0.743. The average molecular weight is 128 g/mol. The van der Waals surface area contributed by atoms with Gasteiger partial charge in [0.1, 0.15) is 0 Å². The van der Waals surface area contributed by atoms with Crippen LogP contribution in [0, 0.1) is 0 Å². The third kappa shape index (κ3) is 19.6. The van der Waals surface area contributed by atoms with Gasteiger partial charge in [-0.2, -0.15) is 0 Å². The maximum atomic E-state index is 7.21. The molecular formula is C7H14NO+. The molecule has 0 bridgehead atoms. The van der Waals surface area contributed by atoms with Crippen molar-refractivity contribution in [2.75, 3.05) is 0 Å². The van der Waals surface area contributed by atoms with Gasteiger partial charge in [-0.1, -0.05) is 36.9 Å². The van der Waals surface area contributed by atoms with E-state index in [1.165, 1.54) is 5.16 Å². The van der Waals surface area contributed by atoms with Crippen LogP contribution >= 0.6 is 0 Å². The number of rotatable bonds is 2. The molecule has 0 aliphatic heterocycles. The molecule has 0 saturated heterocycles. The van der Waals surface area contributed by atoms with Crippen LogP contribution in [0.3, 0.4) is 0 Å². The Hall–Kier alpha value is -1.05. The predicted octanol–water partition coefficient (Wildman–Crippen LogP) is 0.295. The summed E-state index contributed by atoms with van der Waals surface area (Å²) in [5.74, 6) is 0. The molecule has 2 heteroatoms. The van der Waals surface area contributed by atoms with E-state index in [0.717, 1.165) is 12.0 Å². The van der Waals surface area contributed by atoms with Crippen molar-refractivity contribution in [2.45, 2.75) is 13.3 Å². The molecule has 0 aromatic heterocycles. The lowest BCUT2D eigenvalue weighted by Crippen LogP contribution is -2.60. The lowest BCUT2D eigenvalue weighted by Gasteiger charge is -1.83. The van der Waals surface area contributed by atoms with Gasteiger partial charge in [0.05, 0.1) is 0 Å². The van der Waals surface area contributed by atoms with Crippen LogP contribution in [0.4, 0.5) is 0 Å². The molecule has 0 fully saturated rings. The van der Waals surface area contributed by atoms with E-state index in [9.17, 15) is 0 Å². The molecule has 0 radical (unpaired) electrons. The van der Waals surface area contributed by atoms with Gasteiger partial charge in [0.15, 0.2) is 6.72 Å². The van der Waals surface area contributed by atoms with Gasteiger partial charge in [-0.05, 0) is 6.42 Å². The number of hydrogen-bond donors (Lipinski definition) is 2. The van der Waals surface area contributed by atoms with Gasteiger partial charge in [0.2, 0.25) is 0 Å². The standard InChI is InChI=1S/C6H10.CH3NO/c1-4-6(3)5-2;1-2-3/h4H,1,3,5H2,2H3;3H,1H2/p+1. The monoisotopic (exact) mass is 128 g/mol. The first kappa shape index (κ1) is 10.8. The highest BCUT2D eigenvalue weighted by Crippen LogP contribution is 1.93. The van der Waals surface area contributed by atoms with E-state index >= 15 is 0 Å². The molecule has 0 saturated carbocycles. The topological polar surface area (TPSA) is 34.2 Å². The molecule has 0 unspecified atom stereocenters. The zero-order valence-electron chi connectivity index (χ0n) is 5.85. The van der Waals surface area contributed by atoms with Crippen LogP contribution in [0.1, 0.15) is 13.3 Å². The minimum Gasteiger partial charge on any atom is -0.294 e. The van der Waals surface area contributed by atoms with Crippen molar-refractivity contribution in [3.05, 3.63) is 24.8 Å². The highest BCUT2D eigenvalue weighted by atomic mass is 16.4. The zero-order valence-corrected chi connectivity index (χ0v) is 5.85. The summed E-state index contributed by atoms with van der Waals surface area (Å²) in [4.78, 5) is 0. The van der Waals surface area contributed by atoms with Crippen LogP contribution in [-0.4, -0.2) is 11.9 Å². The van der Waals surface area contributed by atoms with E-state index in [1.807, 2.05) is 0 Å². The van der Waals surface area contributed by atoms with Gasteiger partial charge in [-0.25, -0.2) is 0 Å². The Morgan fingerprint density at radius 1 is 1.78 bits per heavy atom. The van der Waals surface area contributed by atoms with Crippen molar-refractivity contribution in [3.63, 3.8) is 0 Å². The van der Waals surface area contributed by atoms with E-state index in [2.05, 4.69) is 26.8 Å². The molecule has 0 rings (SSSR count). The van der Waals surface area contributed by atoms with Crippen molar-refractivity contribution in [1.29, 1.82) is 0 Å². The SMILES string of the molecule is C=CC(=C)CC.C=[NH+]O. The summed E-state index contributed by atoms with van der Waals surface area (Å²) in [6.07, 6.45) is 2.80. The second kappa shape index (κ2) is 10.0. The van der Waals surface area contributed by atoms with Crippen molar-refractivity contribution in [3.8, 4) is 0 Å². The summed E-state index contributed by atoms with van der Waals surface area (Å²) in [6.45, 7) is 12.1. The van der Waals surface area contributed by atoms with Gasteiger partial charge in [0, 0.05) is 0 Å². The first-order valence-electron chi connectivity index (χ1n) is 2.69. The molecule has 0 amide bonds. The fourth-order valence-corrected chi connectivity index (χ4v) is 0.144. The molecule has 0 atom stereocenters. The number of hydrogen-bond acceptors (Lipinski definition) is 1. The van der Waals surface area contributed by atoms with Crippen LogP contribution in [0.2, 0.25) is 0 Å². The second-order valence-electron chi connectivity index (χ2n) is 1.37. The molecule has 52 valence electrons. The number of allylic oxidation sites excluding steroid dienone is 2. The van der Waals surface area contributed by atoms with Crippen LogP contribution in [0.25, 0.3) is 0 Å². The van der Waals surface area contributed by atoms with Crippen LogP contribution in [0.5, 0.6) is 0 Å². The summed E-state index contributed by atoms with van der Waals surface area (Å²) in [5, 5.41) is 8.71. The Morgan fingerprint density at radius 2 is 2.11 bits per heavy atom. The van der Waals surface area contributed by atoms with E-state index in [-0.39, 0.29) is 0 Å². The van der Waals surface area contributed by atoms with Gasteiger partial charge in [-0.15, -0.1) is 0 Å². The highest BCUT2D eigenvalue weighted by molar-refractivity contribution is 5.11. The van der Waals surface area contributed by atoms with E-state index in [0.29, 0.717) is 0 Å². The quantitative estimate of drug-likeness (QED) is 0.238. The Balaban J connectivity index is 0. The van der Waals surface area contributed by atoms with Gasteiger partial charge < -0.3 is 0 Å². The average Bonchev–Trinajstić information content (AvgIpc) is 1.88. The lowest BCUT2D eigenvalue weighted by molar-refractivity contribution is -0.730. The molecule has 0 aromatic rings. The van der Waals surface area contributed by atoms with Crippen molar-refractivity contribution in [2.24, 2.45) is 0 Å². The van der Waals surface area contributed by atoms with Crippen LogP contribution in [-0.2, 0) is 0 Å². The Bertz CT molecular complexity index is 97.1. The predicted molar refractivity (Wildman–Crippen MR) is 39.5 cm³/mol. The van der Waals surface area contributed by atoms with Gasteiger partial charge in [-0.3, -0.25) is 5.21 Å². The second-order valence-corrected chi connectivity index (χ2v) is 1.37. The molecular weight excluding hydrogens is 114 g/mol. The summed E-state index contributed by atoms with van der Waals surface area (Å²) in [6, 6.07) is 0. The Morgan fingerprint density at radius 3 is 2.11 bits per heavy atom. The molecule has 0 heterocycles. The lowest BCUT2D eigenvalue weighted by atomic mass is 10.2. The summed E-state index contributed by atoms with van der Waals surface area (Å²) in [7, 11) is 0. The normalized spacial score (nSPS) is 6.33.